The molecule has 0 aliphatic heterocycles. The van der Waals surface area contributed by atoms with E-state index in [1.807, 2.05) is 13.8 Å². The average molecular weight is 340 g/mol. The first-order chi connectivity index (χ1) is 4.79. The summed E-state index contributed by atoms with van der Waals surface area (Å²) in [5.41, 5.74) is -0.412. The van der Waals surface area contributed by atoms with Crippen LogP contribution >= 0.6 is 0 Å². The van der Waals surface area contributed by atoms with Gasteiger partial charge in [0.2, 0.25) is 0 Å². The van der Waals surface area contributed by atoms with E-state index in [-0.39, 0.29) is 34.4 Å². The van der Waals surface area contributed by atoms with Gasteiger partial charge in [0.05, 0.1) is 5.89 Å². The fourth-order valence-corrected chi connectivity index (χ4v) is 0.358. The predicted octanol–water partition coefficient (Wildman–Crippen LogP) is 1.88. The Kier molecular flexibility index (Phi) is 15.2. The molecule has 12 heavy (non-hydrogen) atoms. The van der Waals surface area contributed by atoms with Crippen molar-refractivity contribution in [1.29, 1.82) is 0 Å². The number of nitrogens with zero attached hydrogens (tertiary/aromatic N) is 1. The first-order valence-electron chi connectivity index (χ1n) is 3.07. The topological polar surface area (TPSA) is 43.1 Å². The maximum atomic E-state index is 10.2. The summed E-state index contributed by atoms with van der Waals surface area (Å²) in [5, 5.41) is 0. The van der Waals surface area contributed by atoms with E-state index in [2.05, 4.69) is 16.3 Å². The monoisotopic (exact) mass is 340 g/mol. The summed E-state index contributed by atoms with van der Waals surface area (Å²) in [4.78, 5) is 13.8. The summed E-state index contributed by atoms with van der Waals surface area (Å²) >= 11 is 0. The maximum absolute atomic E-state index is 10.2. The van der Waals surface area contributed by atoms with Crippen molar-refractivity contribution in [2.45, 2.75) is 21.3 Å². The van der Waals surface area contributed by atoms with Gasteiger partial charge in [-0.3, -0.25) is 4.98 Å². The Morgan fingerprint density at radius 2 is 2.00 bits per heavy atom. The van der Waals surface area contributed by atoms with E-state index < -0.39 is 5.63 Å². The van der Waals surface area contributed by atoms with E-state index in [1.165, 1.54) is 12.3 Å². The molecule has 0 aliphatic rings. The average Bonchev–Trinajstić information content (AvgIpc) is 1.91. The van der Waals surface area contributed by atoms with Crippen LogP contribution < -0.4 is 5.63 Å². The Hall–Kier alpha value is -0.562. The Morgan fingerprint density at radius 3 is 2.25 bits per heavy atom. The van der Waals surface area contributed by atoms with Gasteiger partial charge in [-0.1, -0.05) is 21.3 Å². The van der Waals surface area contributed by atoms with Gasteiger partial charge in [-0.25, -0.2) is 4.79 Å². The van der Waals surface area contributed by atoms with Crippen LogP contribution in [0.3, 0.4) is 0 Å². The van der Waals surface area contributed by atoms with Crippen LogP contribution in [-0.4, -0.2) is 4.98 Å². The quantitative estimate of drug-likeness (QED) is 0.678. The van der Waals surface area contributed by atoms with Crippen LogP contribution in [0.2, 0.25) is 0 Å². The molecule has 0 unspecified atom stereocenters. The Bertz CT molecular complexity index is 234. The van der Waals surface area contributed by atoms with Gasteiger partial charge in [-0.05, 0) is 0 Å². The summed E-state index contributed by atoms with van der Waals surface area (Å²) in [7, 11) is 0. The van der Waals surface area contributed by atoms with Gasteiger partial charge >= 0.3 is 5.63 Å². The van der Waals surface area contributed by atoms with Gasteiger partial charge in [0.15, 0.2) is 0 Å². The van der Waals surface area contributed by atoms with Crippen molar-refractivity contribution in [2.24, 2.45) is 0 Å². The fourth-order valence-electron chi connectivity index (χ4n) is 0.358. The Balaban J connectivity index is -0.000000189. The second-order valence-electron chi connectivity index (χ2n) is 1.26. The normalized spacial score (nSPS) is 6.50. The molecule has 4 heteroatoms. The minimum absolute atomic E-state index is 0. The largest absolute Gasteiger partial charge is 0.441 e. The van der Waals surface area contributed by atoms with Crippen LogP contribution in [0.4, 0.5) is 0 Å². The minimum atomic E-state index is -0.412. The van der Waals surface area contributed by atoms with Crippen LogP contribution in [0.25, 0.3) is 0 Å². The molecule has 1 aromatic rings. The molecule has 70 valence electrons. The first-order valence-corrected chi connectivity index (χ1v) is 3.07. The van der Waals surface area contributed by atoms with Crippen LogP contribution in [-0.2, 0) is 21.1 Å². The molecule has 0 saturated carbocycles. The van der Waals surface area contributed by atoms with Gasteiger partial charge < -0.3 is 11.3 Å². The zero-order chi connectivity index (χ0) is 7.98. The molecule has 3 nitrogen and oxygen atoms in total. The SMILES string of the molecule is C.CC.[CH2-]c1nccc(=O)o1.[W]. The summed E-state index contributed by atoms with van der Waals surface area (Å²) in [6, 6.07) is 1.23. The predicted molar refractivity (Wildman–Crippen MR) is 45.3 cm³/mol. The second kappa shape index (κ2) is 10.4. The summed E-state index contributed by atoms with van der Waals surface area (Å²) in [5.74, 6) is 0.150. The molecular weight excluding hydrogens is 326 g/mol. The van der Waals surface area contributed by atoms with Crippen molar-refractivity contribution in [1.82, 2.24) is 4.98 Å². The number of rotatable bonds is 0. The molecule has 0 spiro atoms. The first kappa shape index (κ1) is 17.5. The molecule has 1 aromatic heterocycles. The third-order valence-corrected chi connectivity index (χ3v) is 0.648. The van der Waals surface area contributed by atoms with Crippen molar-refractivity contribution in [2.75, 3.05) is 0 Å². The fraction of sp³-hybridized carbons (Fsp3) is 0.375. The number of hydrogen-bond acceptors (Lipinski definition) is 3. The molecule has 1 rings (SSSR count). The third kappa shape index (κ3) is 7.54. The molecule has 0 fully saturated rings. The molecule has 0 aromatic carbocycles. The van der Waals surface area contributed by atoms with Crippen LogP contribution in [0, 0.1) is 6.92 Å². The van der Waals surface area contributed by atoms with E-state index in [9.17, 15) is 4.79 Å². The standard InChI is InChI=1S/C5H4NO2.C2H6.CH4.W/c1-4-6-3-2-5(7)8-4;1-2;;/h2-3H,1H2;1-2H3;1H4;/q-1;;;. The van der Waals surface area contributed by atoms with Crippen LogP contribution in [0.15, 0.2) is 21.5 Å². The Labute approximate surface area is 87.5 Å². The maximum Gasteiger partial charge on any atom is 0.336 e. The van der Waals surface area contributed by atoms with E-state index in [0.717, 1.165) is 0 Å². The molecule has 1 heterocycles. The van der Waals surface area contributed by atoms with Gasteiger partial charge in [0, 0.05) is 33.3 Å². The molecule has 0 radical (unpaired) electrons. The van der Waals surface area contributed by atoms with E-state index >= 15 is 0 Å². The molecule has 0 saturated heterocycles. The molecule has 0 amide bonds. The van der Waals surface area contributed by atoms with Crippen LogP contribution in [0.1, 0.15) is 27.2 Å². The molecule has 0 bridgehead atoms. The smallest absolute Gasteiger partial charge is 0.336 e. The van der Waals surface area contributed by atoms with Crippen molar-refractivity contribution < 1.29 is 25.5 Å². The second-order valence-corrected chi connectivity index (χ2v) is 1.26. The third-order valence-electron chi connectivity index (χ3n) is 0.648. The van der Waals surface area contributed by atoms with Crippen LogP contribution in [0.5, 0.6) is 0 Å². The number of aromatic nitrogens is 1. The van der Waals surface area contributed by atoms with Gasteiger partial charge in [0.25, 0.3) is 0 Å². The molecule has 0 aliphatic carbocycles. The van der Waals surface area contributed by atoms with Crippen molar-refractivity contribution >= 4 is 0 Å². The van der Waals surface area contributed by atoms with Gasteiger partial charge in [-0.15, -0.1) is 0 Å². The molecule has 0 N–H and O–H groups in total. The summed E-state index contributed by atoms with van der Waals surface area (Å²) in [6.07, 6.45) is 1.36. The number of hydrogen-bond donors (Lipinski definition) is 0. The zero-order valence-corrected chi connectivity index (χ0v) is 9.47. The Morgan fingerprint density at radius 1 is 1.50 bits per heavy atom. The van der Waals surface area contributed by atoms with Crippen molar-refractivity contribution in [3.63, 3.8) is 0 Å². The van der Waals surface area contributed by atoms with Gasteiger partial charge in [0.1, 0.15) is 0 Å². The minimum Gasteiger partial charge on any atom is -0.441 e. The van der Waals surface area contributed by atoms with E-state index in [4.69, 9.17) is 0 Å². The molecule has 0 atom stereocenters. The zero-order valence-electron chi connectivity index (χ0n) is 6.53. The molecular formula is C8H14NO2W-. The van der Waals surface area contributed by atoms with Gasteiger partial charge in [-0.2, -0.15) is 0 Å². The summed E-state index contributed by atoms with van der Waals surface area (Å²) in [6.45, 7) is 7.30. The summed E-state index contributed by atoms with van der Waals surface area (Å²) < 4.78 is 4.40. The van der Waals surface area contributed by atoms with Crippen molar-refractivity contribution in [3.05, 3.63) is 35.5 Å². The van der Waals surface area contributed by atoms with E-state index in [0.29, 0.717) is 0 Å². The van der Waals surface area contributed by atoms with E-state index in [1.54, 1.807) is 0 Å². The van der Waals surface area contributed by atoms with Crippen molar-refractivity contribution in [3.8, 4) is 0 Å².